The molecule has 0 saturated carbocycles. The topological polar surface area (TPSA) is 26.3 Å². The summed E-state index contributed by atoms with van der Waals surface area (Å²) in [5.41, 5.74) is 0. The zero-order valence-electron chi connectivity index (χ0n) is 21.3. The van der Waals surface area contributed by atoms with Crippen LogP contribution in [-0.4, -0.2) is 36.8 Å². The third kappa shape index (κ3) is 15.3. The lowest BCUT2D eigenvalue weighted by Gasteiger charge is -2.35. The molecule has 0 saturated heterocycles. The zero-order chi connectivity index (χ0) is 22.3. The van der Waals surface area contributed by atoms with E-state index in [1.165, 1.54) is 96.3 Å². The van der Waals surface area contributed by atoms with Crippen LogP contribution < -0.4 is 0 Å². The summed E-state index contributed by atoms with van der Waals surface area (Å²) < 4.78 is 6.21. The van der Waals surface area contributed by atoms with Crippen LogP contribution in [0.1, 0.15) is 143 Å². The van der Waals surface area contributed by atoms with Crippen molar-refractivity contribution in [2.75, 3.05) is 26.2 Å². The Morgan fingerprint density at radius 2 is 0.800 bits per heavy atom. The molecule has 3 nitrogen and oxygen atoms in total. The molecule has 0 atom stereocenters. The molecule has 0 heterocycles. The first-order valence-electron chi connectivity index (χ1n) is 13.7. The van der Waals surface area contributed by atoms with Crippen molar-refractivity contribution >= 4 is 6.09 Å². The van der Waals surface area contributed by atoms with Crippen LogP contribution in [0.15, 0.2) is 0 Å². The van der Waals surface area contributed by atoms with Gasteiger partial charge in [-0.05, 0) is 45.4 Å². The molecule has 3 heteroatoms. The van der Waals surface area contributed by atoms with E-state index in [0.29, 0.717) is 11.1 Å². The number of hydrogen-bond acceptors (Lipinski definition) is 2. The van der Waals surface area contributed by atoms with Crippen molar-refractivity contribution in [3.8, 4) is 0 Å². The van der Waals surface area contributed by atoms with Crippen molar-refractivity contribution < 1.29 is 14.0 Å². The molecule has 0 fully saturated rings. The van der Waals surface area contributed by atoms with Gasteiger partial charge < -0.3 is 4.74 Å². The summed E-state index contributed by atoms with van der Waals surface area (Å²) in [6, 6.07) is 0. The van der Waals surface area contributed by atoms with Gasteiger partial charge in [-0.2, -0.15) is 4.79 Å². The number of carbonyl (C=O) groups excluding carboxylic acids is 1. The molecule has 0 aliphatic rings. The minimum absolute atomic E-state index is 0.0492. The average molecular weight is 427 g/mol. The van der Waals surface area contributed by atoms with Gasteiger partial charge >= 0.3 is 6.09 Å². The second kappa shape index (κ2) is 21.7. The Labute approximate surface area is 189 Å². The maximum Gasteiger partial charge on any atom is 0.516 e. The molecule has 0 aliphatic carbocycles. The Kier molecular flexibility index (Phi) is 21.2. The van der Waals surface area contributed by atoms with E-state index in [1.807, 2.05) is 6.92 Å². The number of nitrogens with zero attached hydrogens (tertiary/aromatic N) is 1. The SMILES string of the molecule is CCCCCCCC[N+](CCCCCCCC)(CCCCCCCC)C(=O)OCC. The maximum absolute atomic E-state index is 13.1. The highest BCUT2D eigenvalue weighted by atomic mass is 16.6. The third-order valence-corrected chi connectivity index (χ3v) is 6.47. The van der Waals surface area contributed by atoms with Gasteiger partial charge in [-0.1, -0.05) is 97.8 Å². The van der Waals surface area contributed by atoms with Gasteiger partial charge in [0.25, 0.3) is 0 Å². The van der Waals surface area contributed by atoms with Crippen molar-refractivity contribution in [1.29, 1.82) is 0 Å². The highest BCUT2D eigenvalue weighted by molar-refractivity contribution is 5.59. The predicted octanol–water partition coefficient (Wildman–Crippen LogP) is 9.04. The lowest BCUT2D eigenvalue weighted by Crippen LogP contribution is -2.55. The number of hydrogen-bond donors (Lipinski definition) is 0. The van der Waals surface area contributed by atoms with Gasteiger partial charge in [0.1, 0.15) is 0 Å². The smallest absolute Gasteiger partial charge is 0.420 e. The molecule has 0 spiro atoms. The third-order valence-electron chi connectivity index (χ3n) is 6.47. The molecule has 30 heavy (non-hydrogen) atoms. The minimum Gasteiger partial charge on any atom is -0.420 e. The van der Waals surface area contributed by atoms with E-state index < -0.39 is 0 Å². The fourth-order valence-corrected chi connectivity index (χ4v) is 4.45. The molecule has 0 N–H and O–H groups in total. The second-order valence-corrected chi connectivity index (χ2v) is 9.32. The monoisotopic (exact) mass is 426 g/mol. The maximum atomic E-state index is 13.1. The van der Waals surface area contributed by atoms with Crippen LogP contribution in [0.3, 0.4) is 0 Å². The number of quaternary nitrogens is 1. The Bertz CT molecular complexity index is 329. The second-order valence-electron chi connectivity index (χ2n) is 9.32. The normalized spacial score (nSPS) is 11.7. The summed E-state index contributed by atoms with van der Waals surface area (Å²) in [6.07, 6.45) is 23.1. The minimum atomic E-state index is 0.0492. The van der Waals surface area contributed by atoms with Crippen molar-refractivity contribution in [2.24, 2.45) is 0 Å². The van der Waals surface area contributed by atoms with E-state index in [9.17, 15) is 4.79 Å². The van der Waals surface area contributed by atoms with E-state index in [1.54, 1.807) is 0 Å². The number of amides is 1. The highest BCUT2D eigenvalue weighted by Gasteiger charge is 2.37. The van der Waals surface area contributed by atoms with Crippen molar-refractivity contribution in [3.63, 3.8) is 0 Å². The molecular formula is C27H56NO2+. The Morgan fingerprint density at radius 3 is 1.10 bits per heavy atom. The average Bonchev–Trinajstić information content (AvgIpc) is 2.75. The van der Waals surface area contributed by atoms with E-state index >= 15 is 0 Å². The van der Waals surface area contributed by atoms with Crippen molar-refractivity contribution in [3.05, 3.63) is 0 Å². The summed E-state index contributed by atoms with van der Waals surface area (Å²) in [5.74, 6) is 0. The van der Waals surface area contributed by atoms with Crippen LogP contribution >= 0.6 is 0 Å². The molecule has 0 bridgehead atoms. The number of carbonyl (C=O) groups is 1. The molecule has 0 radical (unpaired) electrons. The quantitative estimate of drug-likeness (QED) is 0.127. The fourth-order valence-electron chi connectivity index (χ4n) is 4.45. The van der Waals surface area contributed by atoms with E-state index in [-0.39, 0.29) is 6.09 Å². The first-order valence-corrected chi connectivity index (χ1v) is 13.7. The van der Waals surface area contributed by atoms with E-state index in [2.05, 4.69) is 20.8 Å². The van der Waals surface area contributed by atoms with Gasteiger partial charge in [0.05, 0.1) is 26.2 Å². The molecular weight excluding hydrogens is 370 g/mol. The summed E-state index contributed by atoms with van der Waals surface area (Å²) in [7, 11) is 0. The van der Waals surface area contributed by atoms with Gasteiger partial charge in [0, 0.05) is 0 Å². The standard InChI is InChI=1S/C27H56NO2/c1-5-9-12-15-18-21-24-28(27(29)30-8-4,25-22-19-16-13-10-6-2)26-23-20-17-14-11-7-3/h5-26H2,1-4H3/q+1. The van der Waals surface area contributed by atoms with Crippen LogP contribution in [0.4, 0.5) is 4.79 Å². The summed E-state index contributed by atoms with van der Waals surface area (Å²) >= 11 is 0. The highest BCUT2D eigenvalue weighted by Crippen LogP contribution is 2.20. The number of unbranched alkanes of at least 4 members (excludes halogenated alkanes) is 15. The Hall–Kier alpha value is -0.570. The van der Waals surface area contributed by atoms with Crippen LogP contribution in [-0.2, 0) is 4.74 Å². The Balaban J connectivity index is 4.77. The zero-order valence-corrected chi connectivity index (χ0v) is 21.3. The van der Waals surface area contributed by atoms with Crippen molar-refractivity contribution in [2.45, 2.75) is 143 Å². The summed E-state index contributed by atoms with van der Waals surface area (Å²) in [4.78, 5) is 13.1. The van der Waals surface area contributed by atoms with E-state index in [4.69, 9.17) is 4.74 Å². The van der Waals surface area contributed by atoms with Crippen molar-refractivity contribution in [1.82, 2.24) is 0 Å². The molecule has 0 aromatic carbocycles. The van der Waals surface area contributed by atoms with Crippen LogP contribution in [0.5, 0.6) is 0 Å². The fraction of sp³-hybridized carbons (Fsp3) is 0.963. The predicted molar refractivity (Wildman–Crippen MR) is 132 cm³/mol. The molecule has 180 valence electrons. The first kappa shape index (κ1) is 29.4. The lowest BCUT2D eigenvalue weighted by atomic mass is 10.1. The number of rotatable bonds is 22. The van der Waals surface area contributed by atoms with Gasteiger partial charge in [0.2, 0.25) is 0 Å². The number of ether oxygens (including phenoxy) is 1. The summed E-state index contributed by atoms with van der Waals surface area (Å²) in [5, 5.41) is 0. The molecule has 0 rings (SSSR count). The van der Waals surface area contributed by atoms with Gasteiger partial charge in [-0.3, -0.25) is 0 Å². The molecule has 0 aromatic heterocycles. The molecule has 0 aliphatic heterocycles. The van der Waals surface area contributed by atoms with Gasteiger partial charge in [0.15, 0.2) is 0 Å². The van der Waals surface area contributed by atoms with Crippen LogP contribution in [0.2, 0.25) is 0 Å². The lowest BCUT2D eigenvalue weighted by molar-refractivity contribution is -0.858. The Morgan fingerprint density at radius 1 is 0.500 bits per heavy atom. The molecule has 0 unspecified atom stereocenters. The molecule has 1 amide bonds. The molecule has 0 aromatic rings. The largest absolute Gasteiger partial charge is 0.516 e. The van der Waals surface area contributed by atoms with Crippen LogP contribution in [0, 0.1) is 0 Å². The first-order chi connectivity index (χ1) is 14.7. The van der Waals surface area contributed by atoms with Gasteiger partial charge in [-0.15, -0.1) is 0 Å². The van der Waals surface area contributed by atoms with Crippen LogP contribution in [0.25, 0.3) is 0 Å². The van der Waals surface area contributed by atoms with E-state index in [0.717, 1.165) is 38.9 Å². The summed E-state index contributed by atoms with van der Waals surface area (Å²) in [6.45, 7) is 12.2. The van der Waals surface area contributed by atoms with Gasteiger partial charge in [-0.25, -0.2) is 4.48 Å².